The van der Waals surface area contributed by atoms with E-state index in [9.17, 15) is 46.0 Å². The number of alkyl halides is 6. The summed E-state index contributed by atoms with van der Waals surface area (Å²) < 4.78 is 96.9. The number of methoxy groups -OCH3 is 2. The van der Waals surface area contributed by atoms with Gasteiger partial charge in [-0.1, -0.05) is 0 Å². The van der Waals surface area contributed by atoms with E-state index in [0.29, 0.717) is 0 Å². The molecular formula is C32H44F6N8O8. The van der Waals surface area contributed by atoms with Crippen molar-refractivity contribution < 1.29 is 59.8 Å². The van der Waals surface area contributed by atoms with Crippen LogP contribution in [0.4, 0.5) is 49.4 Å². The number of nitrogen functional groups attached to an aromatic ring is 3. The molecule has 4 rings (SSSR count). The number of nitrogens with one attached hydrogen (secondary N) is 2. The van der Waals surface area contributed by atoms with Gasteiger partial charge in [-0.2, -0.15) is 36.3 Å². The highest BCUT2D eigenvalue weighted by Crippen LogP contribution is 2.39. The molecule has 0 unspecified atom stereocenters. The van der Waals surface area contributed by atoms with Crippen LogP contribution >= 0.6 is 0 Å². The second kappa shape index (κ2) is 19.5. The molecule has 0 aliphatic heterocycles. The van der Waals surface area contributed by atoms with E-state index in [4.69, 9.17) is 36.1 Å². The fraction of sp³-hybridized carbons (Fsp3) is 0.625. The lowest BCUT2D eigenvalue weighted by Crippen LogP contribution is -2.40. The molecule has 2 aromatic rings. The summed E-state index contributed by atoms with van der Waals surface area (Å²) >= 11 is 0. The third-order valence-electron chi connectivity index (χ3n) is 8.83. The largest absolute Gasteiger partial charge is 0.475 e. The highest BCUT2D eigenvalue weighted by Gasteiger charge is 2.43. The molecule has 0 radical (unpaired) electrons. The monoisotopic (exact) mass is 782 g/mol. The van der Waals surface area contributed by atoms with E-state index < -0.39 is 58.5 Å². The molecule has 0 bridgehead atoms. The van der Waals surface area contributed by atoms with Crippen molar-refractivity contribution in [2.45, 2.75) is 75.8 Å². The minimum atomic E-state index is -4.25. The molecule has 16 nitrogen and oxygen atoms in total. The number of hydrogen-bond donors (Lipinski definition) is 5. The summed E-state index contributed by atoms with van der Waals surface area (Å²) in [6, 6.07) is 1.48. The number of nitrogens with zero attached hydrogens (tertiary/aromatic N) is 3. The molecule has 0 aromatic carbocycles. The zero-order chi connectivity index (χ0) is 40.2. The number of nitrogens with two attached hydrogens (primary N) is 3. The number of hydrogen-bond acceptors (Lipinski definition) is 13. The van der Waals surface area contributed by atoms with Crippen molar-refractivity contribution in [3.05, 3.63) is 33.4 Å². The number of carbonyl (C=O) groups excluding carboxylic acids is 2. The zero-order valence-electron chi connectivity index (χ0n) is 29.6. The summed E-state index contributed by atoms with van der Waals surface area (Å²) in [6.45, 7) is 0.650. The van der Waals surface area contributed by atoms with Crippen LogP contribution in [0.25, 0.3) is 0 Å². The Kier molecular flexibility index (Phi) is 15.7. The van der Waals surface area contributed by atoms with Crippen molar-refractivity contribution in [1.82, 2.24) is 20.6 Å². The number of ether oxygens (including phenoxy) is 4. The maximum atomic E-state index is 12.8. The second-order valence-electron chi connectivity index (χ2n) is 12.6. The first-order valence-electron chi connectivity index (χ1n) is 16.8. The van der Waals surface area contributed by atoms with Gasteiger partial charge < -0.3 is 46.8 Å². The van der Waals surface area contributed by atoms with Crippen LogP contribution in [0.1, 0.15) is 72.1 Å². The Labute approximate surface area is 305 Å². The molecule has 2 heterocycles. The Balaban J connectivity index is 0.000000291. The third kappa shape index (κ3) is 12.6. The normalized spacial score (nSPS) is 20.2. The number of aromatic nitrogens is 2. The molecule has 0 atom stereocenters. The fourth-order valence-electron chi connectivity index (χ4n) is 5.82. The number of carbonyl (C=O) groups is 2. The molecule has 302 valence electrons. The molecule has 0 spiro atoms. The van der Waals surface area contributed by atoms with E-state index in [1.54, 1.807) is 0 Å². The van der Waals surface area contributed by atoms with Gasteiger partial charge in [0.25, 0.3) is 11.8 Å². The van der Waals surface area contributed by atoms with Crippen LogP contribution in [0.3, 0.4) is 0 Å². The fourth-order valence-corrected chi connectivity index (χ4v) is 5.82. The molecule has 2 aliphatic carbocycles. The molecule has 2 saturated carbocycles. The van der Waals surface area contributed by atoms with Gasteiger partial charge in [-0.3, -0.25) is 19.7 Å². The second-order valence-corrected chi connectivity index (χ2v) is 12.6. The van der Waals surface area contributed by atoms with E-state index in [1.807, 2.05) is 0 Å². The van der Waals surface area contributed by atoms with Crippen LogP contribution in [-0.2, 0) is 9.47 Å². The van der Waals surface area contributed by atoms with Gasteiger partial charge in [0.1, 0.15) is 24.3 Å². The maximum absolute atomic E-state index is 12.8. The topological polar surface area (TPSA) is 242 Å². The molecule has 0 saturated heterocycles. The predicted molar refractivity (Wildman–Crippen MR) is 182 cm³/mol. The van der Waals surface area contributed by atoms with Crippen molar-refractivity contribution >= 4 is 34.8 Å². The van der Waals surface area contributed by atoms with Gasteiger partial charge in [0, 0.05) is 32.4 Å². The minimum Gasteiger partial charge on any atom is -0.475 e. The van der Waals surface area contributed by atoms with Crippen LogP contribution in [-0.4, -0.2) is 91.8 Å². The van der Waals surface area contributed by atoms with Gasteiger partial charge in [0.2, 0.25) is 17.6 Å². The molecule has 2 fully saturated rings. The molecule has 54 heavy (non-hydrogen) atoms. The van der Waals surface area contributed by atoms with Crippen molar-refractivity contribution in [1.29, 1.82) is 0 Å². The summed E-state index contributed by atoms with van der Waals surface area (Å²) in [5.41, 5.74) is 16.3. The smallest absolute Gasteiger partial charge is 0.391 e. The number of rotatable bonds is 13. The highest BCUT2D eigenvalue weighted by atomic mass is 19.4. The Bertz CT molecular complexity index is 1580. The number of pyridine rings is 2. The van der Waals surface area contributed by atoms with Crippen molar-refractivity contribution in [3.63, 3.8) is 0 Å². The van der Waals surface area contributed by atoms with Gasteiger partial charge in [0.15, 0.2) is 5.82 Å². The summed E-state index contributed by atoms with van der Waals surface area (Å²) in [4.78, 5) is 43.1. The summed E-state index contributed by atoms with van der Waals surface area (Å²) in [5.74, 6) is -4.51. The number of halogens is 6. The Morgan fingerprint density at radius 1 is 0.722 bits per heavy atom. The van der Waals surface area contributed by atoms with Crippen LogP contribution in [0.2, 0.25) is 0 Å². The lowest BCUT2D eigenvalue weighted by Gasteiger charge is -2.30. The Hall–Kier alpha value is -4.86. The average Bonchev–Trinajstić information content (AvgIpc) is 3.09. The first kappa shape index (κ1) is 43.5. The molecule has 22 heteroatoms. The number of nitro groups is 1. The van der Waals surface area contributed by atoms with Crippen molar-refractivity contribution in [2.24, 2.45) is 11.8 Å². The van der Waals surface area contributed by atoms with E-state index in [-0.39, 0.29) is 118 Å². The molecule has 8 N–H and O–H groups in total. The predicted octanol–water partition coefficient (Wildman–Crippen LogP) is 4.57. The summed E-state index contributed by atoms with van der Waals surface area (Å²) in [5, 5.41) is 16.4. The van der Waals surface area contributed by atoms with Gasteiger partial charge >= 0.3 is 18.0 Å². The average molecular weight is 783 g/mol. The Morgan fingerprint density at radius 2 is 1.11 bits per heavy atom. The van der Waals surface area contributed by atoms with Gasteiger partial charge in [-0.05, 0) is 57.4 Å². The number of anilines is 3. The van der Waals surface area contributed by atoms with Gasteiger partial charge in [-0.25, -0.2) is 0 Å². The third-order valence-corrected chi connectivity index (χ3v) is 8.83. The van der Waals surface area contributed by atoms with Gasteiger partial charge in [-0.15, -0.1) is 0 Å². The standard InChI is InChI=1S/C16H21F3N4O5.C16H23F3N4O3/c1-27-6-7-28-15-11(8-12(23(25)26)13(20)22-15)14(24)21-10-4-2-9(3-5-10)16(17,18)19;1-25-6-7-26-15-11(8-12(20)13(21)23-15)14(24)22-10-4-2-9(3-5-10)16(17,18)19/h8-10H,2-7H2,1H3,(H2,20,22)(H,21,24);8-10H,2-7,20H2,1H3,(H2,21,23)(H,22,24)/t2*9-,10-. The highest BCUT2D eigenvalue weighted by molar-refractivity contribution is 5.98. The lowest BCUT2D eigenvalue weighted by atomic mass is 9.85. The molecule has 2 aliphatic rings. The SMILES string of the molecule is COCCOc1nc(N)c(N)cc1C(=O)N[C@H]1CC[C@H](C(F)(F)F)CC1.COCCOc1nc(N)c([N+](=O)[O-])cc1C(=O)N[C@H]1CC[C@H](C(F)(F)F)CC1. The first-order chi connectivity index (χ1) is 25.3. The first-order valence-corrected chi connectivity index (χ1v) is 16.8. The van der Waals surface area contributed by atoms with E-state index >= 15 is 0 Å². The van der Waals surface area contributed by atoms with E-state index in [2.05, 4.69) is 20.6 Å². The molecule has 2 aromatic heterocycles. The Morgan fingerprint density at radius 3 is 1.48 bits per heavy atom. The van der Waals surface area contributed by atoms with Crippen LogP contribution < -0.4 is 37.3 Å². The van der Waals surface area contributed by atoms with Crippen molar-refractivity contribution in [3.8, 4) is 11.8 Å². The summed E-state index contributed by atoms with van der Waals surface area (Å²) in [7, 11) is 2.94. The van der Waals surface area contributed by atoms with Crippen LogP contribution in [0, 0.1) is 22.0 Å². The number of amides is 2. The van der Waals surface area contributed by atoms with Gasteiger partial charge in [0.05, 0.1) is 35.7 Å². The minimum absolute atomic E-state index is 0.00618. The quantitative estimate of drug-likeness (QED) is 0.0811. The van der Waals surface area contributed by atoms with Crippen LogP contribution in [0.15, 0.2) is 12.1 Å². The zero-order valence-corrected chi connectivity index (χ0v) is 29.6. The maximum Gasteiger partial charge on any atom is 0.391 e. The molecule has 2 amide bonds. The summed E-state index contributed by atoms with van der Waals surface area (Å²) in [6.07, 6.45) is -7.81. The van der Waals surface area contributed by atoms with Crippen molar-refractivity contribution in [2.75, 3.05) is 57.8 Å². The van der Waals surface area contributed by atoms with E-state index in [0.717, 1.165) is 6.07 Å². The van der Waals surface area contributed by atoms with Crippen LogP contribution in [0.5, 0.6) is 11.8 Å². The van der Waals surface area contributed by atoms with E-state index in [1.165, 1.54) is 20.3 Å². The lowest BCUT2D eigenvalue weighted by molar-refractivity contribution is -0.384. The molecular weight excluding hydrogens is 738 g/mol.